The molecule has 0 aromatic heterocycles. The molecule has 0 aliphatic heterocycles. The van der Waals surface area contributed by atoms with Crippen molar-refractivity contribution >= 4 is 35.0 Å². The van der Waals surface area contributed by atoms with E-state index in [1.165, 1.54) is 25.3 Å². The van der Waals surface area contributed by atoms with Crippen LogP contribution >= 0.6 is 11.8 Å². The Balaban J connectivity index is 2.15. The zero-order valence-electron chi connectivity index (χ0n) is 16.4. The van der Waals surface area contributed by atoms with Crippen molar-refractivity contribution in [3.63, 3.8) is 0 Å². The fraction of sp³-hybridized carbons (Fsp3) is 0.300. The number of hydrogen-bond donors (Lipinski definition) is 2. The molecular formula is C20H23N3O5S. The van der Waals surface area contributed by atoms with Gasteiger partial charge in [0.2, 0.25) is 5.91 Å². The maximum Gasteiger partial charge on any atom is 0.283 e. The fourth-order valence-electron chi connectivity index (χ4n) is 2.43. The van der Waals surface area contributed by atoms with E-state index < -0.39 is 10.8 Å². The van der Waals surface area contributed by atoms with Crippen molar-refractivity contribution in [3.05, 3.63) is 58.1 Å². The Morgan fingerprint density at radius 2 is 1.97 bits per heavy atom. The Morgan fingerprint density at radius 3 is 2.62 bits per heavy atom. The van der Waals surface area contributed by atoms with Gasteiger partial charge in [0.15, 0.2) is 0 Å². The second-order valence-corrected chi connectivity index (χ2v) is 7.28. The van der Waals surface area contributed by atoms with Gasteiger partial charge in [0.1, 0.15) is 5.75 Å². The summed E-state index contributed by atoms with van der Waals surface area (Å²) in [5.74, 6) is -0.159. The summed E-state index contributed by atoms with van der Waals surface area (Å²) in [6, 6.07) is 11.1. The van der Waals surface area contributed by atoms with Crippen LogP contribution in [0.25, 0.3) is 0 Å². The summed E-state index contributed by atoms with van der Waals surface area (Å²) in [6.07, 6.45) is 0.798. The number of nitro benzene ring substituents is 1. The Morgan fingerprint density at radius 1 is 1.24 bits per heavy atom. The van der Waals surface area contributed by atoms with E-state index in [0.717, 1.165) is 18.2 Å². The van der Waals surface area contributed by atoms with E-state index in [-0.39, 0.29) is 29.0 Å². The van der Waals surface area contributed by atoms with Crippen LogP contribution in [0.5, 0.6) is 5.75 Å². The normalized spacial score (nSPS) is 11.4. The summed E-state index contributed by atoms with van der Waals surface area (Å²) in [7, 11) is 1.49. The molecule has 2 N–H and O–H groups in total. The lowest BCUT2D eigenvalue weighted by molar-refractivity contribution is -0.387. The van der Waals surface area contributed by atoms with Crippen LogP contribution in [0.1, 0.15) is 30.6 Å². The van der Waals surface area contributed by atoms with Crippen molar-refractivity contribution in [2.45, 2.75) is 31.2 Å². The van der Waals surface area contributed by atoms with Gasteiger partial charge in [-0.05, 0) is 37.6 Å². The average molecular weight is 417 g/mol. The van der Waals surface area contributed by atoms with Crippen molar-refractivity contribution in [1.29, 1.82) is 0 Å². The van der Waals surface area contributed by atoms with Gasteiger partial charge in [-0.2, -0.15) is 0 Å². The van der Waals surface area contributed by atoms with Gasteiger partial charge in [0.25, 0.3) is 11.6 Å². The molecule has 2 amide bonds. The zero-order chi connectivity index (χ0) is 21.4. The third-order valence-electron chi connectivity index (χ3n) is 4.15. The molecule has 0 radical (unpaired) electrons. The van der Waals surface area contributed by atoms with Gasteiger partial charge in [-0.3, -0.25) is 19.7 Å². The highest BCUT2D eigenvalue weighted by Gasteiger charge is 2.20. The fourth-order valence-corrected chi connectivity index (χ4v) is 3.24. The van der Waals surface area contributed by atoms with Crippen LogP contribution in [-0.2, 0) is 4.79 Å². The van der Waals surface area contributed by atoms with E-state index in [0.29, 0.717) is 16.3 Å². The lowest BCUT2D eigenvalue weighted by Crippen LogP contribution is -2.33. The topological polar surface area (TPSA) is 111 Å². The minimum Gasteiger partial charge on any atom is -0.495 e. The number of amides is 2. The van der Waals surface area contributed by atoms with Crippen LogP contribution in [0.3, 0.4) is 0 Å². The summed E-state index contributed by atoms with van der Waals surface area (Å²) in [6.45, 7) is 3.85. The van der Waals surface area contributed by atoms with Crippen molar-refractivity contribution in [3.8, 4) is 5.75 Å². The smallest absolute Gasteiger partial charge is 0.283 e. The molecule has 8 nitrogen and oxygen atoms in total. The lowest BCUT2D eigenvalue weighted by Gasteiger charge is -2.12. The molecule has 0 aliphatic carbocycles. The number of rotatable bonds is 9. The maximum atomic E-state index is 12.5. The summed E-state index contributed by atoms with van der Waals surface area (Å²) >= 11 is 1.06. The molecule has 0 bridgehead atoms. The highest BCUT2D eigenvalue weighted by Crippen LogP contribution is 2.31. The molecule has 0 saturated heterocycles. The summed E-state index contributed by atoms with van der Waals surface area (Å²) in [5.41, 5.74) is 0.373. The van der Waals surface area contributed by atoms with E-state index in [4.69, 9.17) is 4.74 Å². The highest BCUT2D eigenvalue weighted by molar-refractivity contribution is 8.00. The number of nitro groups is 1. The molecule has 154 valence electrons. The number of benzene rings is 2. The molecule has 0 spiro atoms. The molecule has 0 fully saturated rings. The first-order chi connectivity index (χ1) is 13.8. The molecular weight excluding hydrogens is 394 g/mol. The van der Waals surface area contributed by atoms with E-state index >= 15 is 0 Å². The molecule has 0 heterocycles. The summed E-state index contributed by atoms with van der Waals surface area (Å²) < 4.78 is 5.19. The monoisotopic (exact) mass is 417 g/mol. The number of hydrogen-bond acceptors (Lipinski definition) is 6. The first-order valence-corrected chi connectivity index (χ1v) is 9.99. The Labute approximate surface area is 173 Å². The molecule has 1 unspecified atom stereocenters. The number of nitrogens with zero attached hydrogens (tertiary/aromatic N) is 1. The van der Waals surface area contributed by atoms with Crippen LogP contribution < -0.4 is 15.4 Å². The van der Waals surface area contributed by atoms with Gasteiger partial charge < -0.3 is 15.4 Å². The van der Waals surface area contributed by atoms with E-state index in [1.54, 1.807) is 24.3 Å². The van der Waals surface area contributed by atoms with E-state index in [2.05, 4.69) is 10.6 Å². The number of ether oxygens (including phenoxy) is 1. The Kier molecular flexibility index (Phi) is 8.02. The SMILES string of the molecule is CCC(C)NC(=O)CSc1ccc(C(=O)Nc2ccccc2OC)cc1[N+](=O)[O-]. The number of anilines is 1. The van der Waals surface area contributed by atoms with E-state index in [1.807, 2.05) is 13.8 Å². The highest BCUT2D eigenvalue weighted by atomic mass is 32.2. The van der Waals surface area contributed by atoms with Crippen LogP contribution in [0.15, 0.2) is 47.4 Å². The van der Waals surface area contributed by atoms with Gasteiger partial charge in [-0.25, -0.2) is 0 Å². The molecule has 0 aliphatic rings. The van der Waals surface area contributed by atoms with Gasteiger partial charge in [0, 0.05) is 17.7 Å². The quantitative estimate of drug-likeness (QED) is 0.364. The van der Waals surface area contributed by atoms with E-state index in [9.17, 15) is 19.7 Å². The first kappa shape index (κ1) is 22.2. The molecule has 1 atom stereocenters. The van der Waals surface area contributed by atoms with Gasteiger partial charge in [-0.1, -0.05) is 19.1 Å². The standard InChI is InChI=1S/C20H23N3O5S/c1-4-13(2)21-19(24)12-29-18-10-9-14(11-16(18)23(26)27)20(25)22-15-7-5-6-8-17(15)28-3/h5-11,13H,4,12H2,1-3H3,(H,21,24)(H,22,25). The summed E-state index contributed by atoms with van der Waals surface area (Å²) in [5, 5.41) is 17.0. The Hall–Kier alpha value is -3.07. The number of para-hydroxylation sites is 2. The van der Waals surface area contributed by atoms with Crippen molar-refractivity contribution in [1.82, 2.24) is 5.32 Å². The minimum absolute atomic E-state index is 0.0409. The number of carbonyl (C=O) groups excluding carboxylic acids is 2. The van der Waals surface area contributed by atoms with Gasteiger partial charge >= 0.3 is 0 Å². The molecule has 2 aromatic rings. The van der Waals surface area contributed by atoms with Crippen molar-refractivity contribution < 1.29 is 19.2 Å². The molecule has 0 saturated carbocycles. The largest absolute Gasteiger partial charge is 0.495 e. The minimum atomic E-state index is -0.561. The summed E-state index contributed by atoms with van der Waals surface area (Å²) in [4.78, 5) is 35.7. The third kappa shape index (κ3) is 6.21. The first-order valence-electron chi connectivity index (χ1n) is 9.00. The molecule has 2 rings (SSSR count). The number of thioether (sulfide) groups is 1. The Bertz CT molecular complexity index is 903. The third-order valence-corrected chi connectivity index (χ3v) is 5.21. The van der Waals surface area contributed by atoms with Gasteiger partial charge in [0.05, 0.1) is 28.4 Å². The van der Waals surface area contributed by atoms with Crippen LogP contribution in [0.2, 0.25) is 0 Å². The number of methoxy groups -OCH3 is 1. The second kappa shape index (κ2) is 10.5. The second-order valence-electron chi connectivity index (χ2n) is 6.26. The van der Waals surface area contributed by atoms with Gasteiger partial charge in [-0.15, -0.1) is 11.8 Å². The van der Waals surface area contributed by atoms with Crippen molar-refractivity contribution in [2.24, 2.45) is 0 Å². The van der Waals surface area contributed by atoms with Crippen molar-refractivity contribution in [2.75, 3.05) is 18.2 Å². The maximum absolute atomic E-state index is 12.5. The lowest BCUT2D eigenvalue weighted by atomic mass is 10.2. The number of nitrogens with one attached hydrogen (secondary N) is 2. The predicted octanol–water partition coefficient (Wildman–Crippen LogP) is 3.86. The number of carbonyl (C=O) groups is 2. The predicted molar refractivity (Wildman–Crippen MR) is 113 cm³/mol. The van der Waals surface area contributed by atoms with Crippen LogP contribution in [-0.4, -0.2) is 35.6 Å². The molecule has 9 heteroatoms. The average Bonchev–Trinajstić information content (AvgIpc) is 2.72. The molecule has 29 heavy (non-hydrogen) atoms. The zero-order valence-corrected chi connectivity index (χ0v) is 17.2. The van der Waals surface area contributed by atoms with Crippen LogP contribution in [0, 0.1) is 10.1 Å². The molecule has 2 aromatic carbocycles. The van der Waals surface area contributed by atoms with Crippen LogP contribution in [0.4, 0.5) is 11.4 Å².